The Kier molecular flexibility index (Phi) is 4.95. The summed E-state index contributed by atoms with van der Waals surface area (Å²) in [7, 11) is 1.39. The number of carbonyl (C=O) groups excluding carboxylic acids is 1. The smallest absolute Gasteiger partial charge is 0.308 e. The Hall–Kier alpha value is -0.500. The number of allylic oxidation sites excluding steroid dienone is 2. The van der Waals surface area contributed by atoms with Gasteiger partial charge in [0.15, 0.2) is 0 Å². The normalized spacial score (nSPS) is 14.4. The zero-order valence-corrected chi connectivity index (χ0v) is 7.81. The van der Waals surface area contributed by atoms with E-state index in [0.717, 1.165) is 0 Å². The molecular formula is C8H13ClO2. The molecule has 64 valence electrons. The van der Waals surface area contributed by atoms with Gasteiger partial charge in [0.1, 0.15) is 0 Å². The molecule has 0 aliphatic carbocycles. The second-order valence-corrected chi connectivity index (χ2v) is 3.05. The maximum atomic E-state index is 10.8. The number of ether oxygens (including phenoxy) is 1. The molecular weight excluding hydrogens is 164 g/mol. The topological polar surface area (TPSA) is 26.3 Å². The van der Waals surface area contributed by atoms with E-state index in [2.05, 4.69) is 4.74 Å². The summed E-state index contributed by atoms with van der Waals surface area (Å²) in [6.07, 6.45) is 2.45. The van der Waals surface area contributed by atoms with Crippen LogP contribution in [0.5, 0.6) is 0 Å². The molecule has 0 aromatic rings. The van der Waals surface area contributed by atoms with Crippen molar-refractivity contribution in [3.8, 4) is 0 Å². The number of esters is 1. The zero-order chi connectivity index (χ0) is 8.85. The molecule has 3 heteroatoms. The number of hydrogen-bond donors (Lipinski definition) is 0. The lowest BCUT2D eigenvalue weighted by atomic mass is 10.1. The van der Waals surface area contributed by atoms with Crippen molar-refractivity contribution in [3.05, 3.63) is 11.1 Å². The van der Waals surface area contributed by atoms with Gasteiger partial charge in [0.2, 0.25) is 0 Å². The number of carbonyl (C=O) groups is 1. The van der Waals surface area contributed by atoms with Gasteiger partial charge >= 0.3 is 5.97 Å². The molecule has 0 rings (SSSR count). The van der Waals surface area contributed by atoms with E-state index in [1.165, 1.54) is 7.11 Å². The number of halogens is 1. The van der Waals surface area contributed by atoms with Gasteiger partial charge < -0.3 is 4.74 Å². The van der Waals surface area contributed by atoms with Gasteiger partial charge in [-0.2, -0.15) is 0 Å². The van der Waals surface area contributed by atoms with Crippen molar-refractivity contribution in [2.75, 3.05) is 7.11 Å². The molecule has 0 N–H and O–H groups in total. The van der Waals surface area contributed by atoms with Crippen molar-refractivity contribution >= 4 is 17.6 Å². The van der Waals surface area contributed by atoms with E-state index < -0.39 is 0 Å². The van der Waals surface area contributed by atoms with Crippen LogP contribution >= 0.6 is 11.6 Å². The van der Waals surface area contributed by atoms with Crippen LogP contribution in [0.25, 0.3) is 0 Å². The number of rotatable bonds is 3. The first-order chi connectivity index (χ1) is 5.07. The van der Waals surface area contributed by atoms with Gasteiger partial charge in [-0.3, -0.25) is 4.79 Å². The third kappa shape index (κ3) is 4.85. The lowest BCUT2D eigenvalue weighted by Gasteiger charge is -2.04. The summed E-state index contributed by atoms with van der Waals surface area (Å²) >= 11 is 5.58. The molecule has 1 unspecified atom stereocenters. The van der Waals surface area contributed by atoms with Crippen molar-refractivity contribution in [1.29, 1.82) is 0 Å². The van der Waals surface area contributed by atoms with Gasteiger partial charge in [0, 0.05) is 5.03 Å². The average Bonchev–Trinajstić information content (AvgIpc) is 1.98. The summed E-state index contributed by atoms with van der Waals surface area (Å²) in [5.41, 5.74) is 0. The van der Waals surface area contributed by atoms with Crippen LogP contribution in [0.2, 0.25) is 0 Å². The molecule has 0 aromatic heterocycles. The largest absolute Gasteiger partial charge is 0.469 e. The Labute approximate surface area is 72.2 Å². The number of methoxy groups -OCH3 is 1. The van der Waals surface area contributed by atoms with E-state index in [4.69, 9.17) is 11.6 Å². The average molecular weight is 177 g/mol. The monoisotopic (exact) mass is 176 g/mol. The molecule has 1 atom stereocenters. The molecule has 0 radical (unpaired) electrons. The van der Waals surface area contributed by atoms with Crippen molar-refractivity contribution in [3.63, 3.8) is 0 Å². The Morgan fingerprint density at radius 1 is 1.73 bits per heavy atom. The van der Waals surface area contributed by atoms with Crippen LogP contribution in [0.1, 0.15) is 20.3 Å². The lowest BCUT2D eigenvalue weighted by molar-refractivity contribution is -0.144. The van der Waals surface area contributed by atoms with Crippen LogP contribution in [-0.2, 0) is 9.53 Å². The SMILES string of the molecule is COC(=O)C(C)C/C=C(/C)Cl. The third-order valence-electron chi connectivity index (χ3n) is 1.36. The van der Waals surface area contributed by atoms with Gasteiger partial charge in [0.05, 0.1) is 13.0 Å². The molecule has 0 spiro atoms. The molecule has 0 fully saturated rings. The minimum absolute atomic E-state index is 0.103. The molecule has 0 amide bonds. The summed E-state index contributed by atoms with van der Waals surface area (Å²) in [6, 6.07) is 0. The Morgan fingerprint density at radius 2 is 2.27 bits per heavy atom. The summed E-state index contributed by atoms with van der Waals surface area (Å²) < 4.78 is 4.53. The highest BCUT2D eigenvalue weighted by Gasteiger charge is 2.10. The van der Waals surface area contributed by atoms with Crippen LogP contribution in [0.3, 0.4) is 0 Å². The highest BCUT2D eigenvalue weighted by molar-refractivity contribution is 6.29. The summed E-state index contributed by atoms with van der Waals surface area (Å²) in [5.74, 6) is -0.298. The first-order valence-electron chi connectivity index (χ1n) is 3.48. The third-order valence-corrected chi connectivity index (χ3v) is 1.51. The molecule has 0 bridgehead atoms. The maximum absolute atomic E-state index is 10.8. The fourth-order valence-corrected chi connectivity index (χ4v) is 0.726. The van der Waals surface area contributed by atoms with Crippen molar-refractivity contribution in [1.82, 2.24) is 0 Å². The van der Waals surface area contributed by atoms with E-state index >= 15 is 0 Å². The minimum Gasteiger partial charge on any atom is -0.469 e. The Bertz CT molecular complexity index is 159. The van der Waals surface area contributed by atoms with Gasteiger partial charge in [-0.15, -0.1) is 0 Å². The van der Waals surface area contributed by atoms with E-state index in [1.54, 1.807) is 6.92 Å². The Balaban J connectivity index is 3.78. The molecule has 0 saturated carbocycles. The predicted molar refractivity (Wildman–Crippen MR) is 45.4 cm³/mol. The van der Waals surface area contributed by atoms with Gasteiger partial charge in [0.25, 0.3) is 0 Å². The van der Waals surface area contributed by atoms with Crippen molar-refractivity contribution in [2.24, 2.45) is 5.92 Å². The van der Waals surface area contributed by atoms with Gasteiger partial charge in [-0.1, -0.05) is 24.6 Å². The number of hydrogen-bond acceptors (Lipinski definition) is 2. The highest BCUT2D eigenvalue weighted by atomic mass is 35.5. The van der Waals surface area contributed by atoms with E-state index in [0.29, 0.717) is 11.5 Å². The Morgan fingerprint density at radius 3 is 2.64 bits per heavy atom. The molecule has 11 heavy (non-hydrogen) atoms. The predicted octanol–water partition coefficient (Wildman–Crippen LogP) is 2.33. The van der Waals surface area contributed by atoms with Crippen molar-refractivity contribution in [2.45, 2.75) is 20.3 Å². The lowest BCUT2D eigenvalue weighted by Crippen LogP contribution is -2.11. The molecule has 0 saturated heterocycles. The highest BCUT2D eigenvalue weighted by Crippen LogP contribution is 2.08. The van der Waals surface area contributed by atoms with E-state index in [-0.39, 0.29) is 11.9 Å². The quantitative estimate of drug-likeness (QED) is 0.617. The van der Waals surface area contributed by atoms with E-state index in [9.17, 15) is 4.79 Å². The van der Waals surface area contributed by atoms with E-state index in [1.807, 2.05) is 13.0 Å². The maximum Gasteiger partial charge on any atom is 0.308 e. The van der Waals surface area contributed by atoms with Crippen LogP contribution in [0, 0.1) is 5.92 Å². The first-order valence-corrected chi connectivity index (χ1v) is 3.85. The second kappa shape index (κ2) is 5.19. The summed E-state index contributed by atoms with van der Waals surface area (Å²) in [5, 5.41) is 0.709. The summed E-state index contributed by atoms with van der Waals surface area (Å²) in [4.78, 5) is 10.8. The first kappa shape index (κ1) is 10.5. The van der Waals surface area contributed by atoms with Crippen molar-refractivity contribution < 1.29 is 9.53 Å². The van der Waals surface area contributed by atoms with Crippen LogP contribution < -0.4 is 0 Å². The minimum atomic E-state index is -0.195. The van der Waals surface area contributed by atoms with Crippen LogP contribution in [0.15, 0.2) is 11.1 Å². The second-order valence-electron chi connectivity index (χ2n) is 2.45. The fourth-order valence-electron chi connectivity index (χ4n) is 0.637. The summed E-state index contributed by atoms with van der Waals surface area (Å²) in [6.45, 7) is 3.59. The van der Waals surface area contributed by atoms with Crippen LogP contribution in [0.4, 0.5) is 0 Å². The fraction of sp³-hybridized carbons (Fsp3) is 0.625. The molecule has 0 aliphatic rings. The molecule has 0 aliphatic heterocycles. The zero-order valence-electron chi connectivity index (χ0n) is 7.06. The van der Waals surface area contributed by atoms with Gasteiger partial charge in [-0.05, 0) is 13.3 Å². The van der Waals surface area contributed by atoms with Crippen LogP contribution in [-0.4, -0.2) is 13.1 Å². The standard InChI is InChI=1S/C8H13ClO2/c1-6(8(10)11-3)4-5-7(2)9/h5-6H,4H2,1-3H3/b7-5-. The molecule has 0 aromatic carbocycles. The molecule has 2 nitrogen and oxygen atoms in total. The van der Waals surface area contributed by atoms with Gasteiger partial charge in [-0.25, -0.2) is 0 Å². The molecule has 0 heterocycles.